The minimum atomic E-state index is 0.155. The van der Waals surface area contributed by atoms with Gasteiger partial charge in [0.1, 0.15) is 0 Å². The third-order valence-corrected chi connectivity index (χ3v) is 1.94. The van der Waals surface area contributed by atoms with Crippen LogP contribution in [0.5, 0.6) is 0 Å². The maximum absolute atomic E-state index is 11.2. The van der Waals surface area contributed by atoms with Crippen LogP contribution in [-0.2, 0) is 4.79 Å². The van der Waals surface area contributed by atoms with Gasteiger partial charge in [0.15, 0.2) is 0 Å². The smallest absolute Gasteiger partial charge is 0.221 e. The van der Waals surface area contributed by atoms with Crippen LogP contribution in [0.15, 0.2) is 0 Å². The summed E-state index contributed by atoms with van der Waals surface area (Å²) in [5, 5.41) is 6.14. The van der Waals surface area contributed by atoms with Crippen molar-refractivity contribution in [3.63, 3.8) is 0 Å². The Morgan fingerprint density at radius 1 is 1.29 bits per heavy atom. The Hall–Kier alpha value is -0.570. The van der Waals surface area contributed by atoms with Gasteiger partial charge in [-0.25, -0.2) is 0 Å². The van der Waals surface area contributed by atoms with Crippen molar-refractivity contribution in [3.8, 4) is 0 Å². The van der Waals surface area contributed by atoms with Crippen LogP contribution in [0.3, 0.4) is 0 Å². The molecule has 0 aromatic rings. The highest BCUT2D eigenvalue weighted by atomic mass is 16.1. The lowest BCUT2D eigenvalue weighted by Gasteiger charge is -2.07. The van der Waals surface area contributed by atoms with Crippen LogP contribution in [0.4, 0.5) is 0 Å². The van der Waals surface area contributed by atoms with Crippen LogP contribution >= 0.6 is 0 Å². The van der Waals surface area contributed by atoms with E-state index in [2.05, 4.69) is 31.4 Å². The van der Waals surface area contributed by atoms with Crippen LogP contribution in [0.25, 0.3) is 0 Å². The standard InChI is InChI=1S/C11H24N2O/c1-4-5-7-12-8-6-11(14)13-9-10(2)3/h10,12H,4-9H2,1-3H3,(H,13,14). The summed E-state index contributed by atoms with van der Waals surface area (Å²) in [6.45, 7) is 8.96. The zero-order valence-corrected chi connectivity index (χ0v) is 9.73. The summed E-state index contributed by atoms with van der Waals surface area (Å²) in [6.07, 6.45) is 2.98. The molecule has 84 valence electrons. The largest absolute Gasteiger partial charge is 0.356 e. The second-order valence-electron chi connectivity index (χ2n) is 4.05. The highest BCUT2D eigenvalue weighted by molar-refractivity contribution is 5.76. The van der Waals surface area contributed by atoms with Gasteiger partial charge in [0.25, 0.3) is 0 Å². The monoisotopic (exact) mass is 200 g/mol. The molecule has 0 aliphatic carbocycles. The fourth-order valence-electron chi connectivity index (χ4n) is 1.04. The average molecular weight is 200 g/mol. The van der Waals surface area contributed by atoms with Crippen LogP contribution in [-0.4, -0.2) is 25.5 Å². The van der Waals surface area contributed by atoms with E-state index >= 15 is 0 Å². The molecule has 0 bridgehead atoms. The lowest BCUT2D eigenvalue weighted by Crippen LogP contribution is -2.30. The van der Waals surface area contributed by atoms with Crippen molar-refractivity contribution in [1.82, 2.24) is 10.6 Å². The molecule has 0 saturated heterocycles. The fraction of sp³-hybridized carbons (Fsp3) is 0.909. The number of rotatable bonds is 8. The molecule has 14 heavy (non-hydrogen) atoms. The normalized spacial score (nSPS) is 10.6. The topological polar surface area (TPSA) is 41.1 Å². The molecule has 0 aliphatic rings. The summed E-state index contributed by atoms with van der Waals surface area (Å²) in [4.78, 5) is 11.2. The summed E-state index contributed by atoms with van der Waals surface area (Å²) in [6, 6.07) is 0. The van der Waals surface area contributed by atoms with E-state index < -0.39 is 0 Å². The molecule has 0 saturated carbocycles. The van der Waals surface area contributed by atoms with E-state index in [0.717, 1.165) is 19.6 Å². The van der Waals surface area contributed by atoms with Gasteiger partial charge >= 0.3 is 0 Å². The second kappa shape index (κ2) is 9.00. The molecule has 0 rings (SSSR count). The first-order valence-electron chi connectivity index (χ1n) is 5.64. The Labute approximate surface area is 87.6 Å². The maximum Gasteiger partial charge on any atom is 0.221 e. The lowest BCUT2D eigenvalue weighted by molar-refractivity contribution is -0.121. The summed E-state index contributed by atoms with van der Waals surface area (Å²) in [7, 11) is 0. The molecule has 0 aromatic heterocycles. The quantitative estimate of drug-likeness (QED) is 0.584. The predicted molar refractivity (Wildman–Crippen MR) is 60.2 cm³/mol. The van der Waals surface area contributed by atoms with Crippen molar-refractivity contribution in [2.45, 2.75) is 40.0 Å². The van der Waals surface area contributed by atoms with Crippen LogP contribution in [0.1, 0.15) is 40.0 Å². The summed E-state index contributed by atoms with van der Waals surface area (Å²) >= 11 is 0. The molecule has 3 heteroatoms. The first-order valence-corrected chi connectivity index (χ1v) is 5.64. The number of hydrogen-bond acceptors (Lipinski definition) is 2. The van der Waals surface area contributed by atoms with E-state index in [4.69, 9.17) is 0 Å². The Balaban J connectivity index is 3.18. The predicted octanol–water partition coefficient (Wildman–Crippen LogP) is 1.54. The number of amides is 1. The van der Waals surface area contributed by atoms with E-state index in [1.165, 1.54) is 12.8 Å². The number of nitrogens with one attached hydrogen (secondary N) is 2. The number of carbonyl (C=O) groups excluding carboxylic acids is 1. The highest BCUT2D eigenvalue weighted by Gasteiger charge is 2.00. The molecule has 2 N–H and O–H groups in total. The molecule has 0 atom stereocenters. The molecule has 0 aromatic carbocycles. The maximum atomic E-state index is 11.2. The number of unbranched alkanes of at least 4 members (excludes halogenated alkanes) is 1. The van der Waals surface area contributed by atoms with Crippen molar-refractivity contribution in [3.05, 3.63) is 0 Å². The van der Waals surface area contributed by atoms with E-state index in [1.54, 1.807) is 0 Å². The minimum Gasteiger partial charge on any atom is -0.356 e. The Bertz CT molecular complexity index is 146. The summed E-state index contributed by atoms with van der Waals surface area (Å²) < 4.78 is 0. The van der Waals surface area contributed by atoms with Crippen molar-refractivity contribution >= 4 is 5.91 Å². The van der Waals surface area contributed by atoms with Crippen LogP contribution in [0.2, 0.25) is 0 Å². The van der Waals surface area contributed by atoms with E-state index in [1.807, 2.05) is 0 Å². The minimum absolute atomic E-state index is 0.155. The lowest BCUT2D eigenvalue weighted by atomic mass is 10.2. The number of carbonyl (C=O) groups is 1. The molecule has 1 amide bonds. The number of hydrogen-bond donors (Lipinski definition) is 2. The molecule has 0 aliphatic heterocycles. The molecular weight excluding hydrogens is 176 g/mol. The Morgan fingerprint density at radius 2 is 2.00 bits per heavy atom. The van der Waals surface area contributed by atoms with Gasteiger partial charge in [-0.05, 0) is 18.9 Å². The first-order chi connectivity index (χ1) is 6.66. The summed E-state index contributed by atoms with van der Waals surface area (Å²) in [5.74, 6) is 0.690. The molecule has 0 radical (unpaired) electrons. The molecule has 0 heterocycles. The van der Waals surface area contributed by atoms with Crippen molar-refractivity contribution in [2.75, 3.05) is 19.6 Å². The van der Waals surface area contributed by atoms with Gasteiger partial charge in [-0.2, -0.15) is 0 Å². The molecule has 0 fully saturated rings. The Kier molecular flexibility index (Phi) is 8.64. The summed E-state index contributed by atoms with van der Waals surface area (Å²) in [5.41, 5.74) is 0. The SMILES string of the molecule is CCCCNCCC(=O)NCC(C)C. The van der Waals surface area contributed by atoms with E-state index in [-0.39, 0.29) is 5.91 Å². The third kappa shape index (κ3) is 9.52. The highest BCUT2D eigenvalue weighted by Crippen LogP contribution is 1.88. The van der Waals surface area contributed by atoms with E-state index in [0.29, 0.717) is 12.3 Å². The zero-order chi connectivity index (χ0) is 10.8. The van der Waals surface area contributed by atoms with Crippen molar-refractivity contribution < 1.29 is 4.79 Å². The fourth-order valence-corrected chi connectivity index (χ4v) is 1.04. The average Bonchev–Trinajstić information content (AvgIpc) is 2.14. The van der Waals surface area contributed by atoms with Gasteiger partial charge in [-0.15, -0.1) is 0 Å². The first kappa shape index (κ1) is 13.4. The molecule has 3 nitrogen and oxygen atoms in total. The van der Waals surface area contributed by atoms with Gasteiger partial charge in [0.2, 0.25) is 5.91 Å². The van der Waals surface area contributed by atoms with Crippen LogP contribution in [0, 0.1) is 5.92 Å². The van der Waals surface area contributed by atoms with Gasteiger partial charge in [-0.3, -0.25) is 4.79 Å². The molecule has 0 spiro atoms. The third-order valence-electron chi connectivity index (χ3n) is 1.94. The van der Waals surface area contributed by atoms with Gasteiger partial charge in [0, 0.05) is 19.5 Å². The zero-order valence-electron chi connectivity index (χ0n) is 9.73. The Morgan fingerprint density at radius 3 is 2.57 bits per heavy atom. The van der Waals surface area contributed by atoms with Crippen molar-refractivity contribution in [1.29, 1.82) is 0 Å². The van der Waals surface area contributed by atoms with E-state index in [9.17, 15) is 4.79 Å². The van der Waals surface area contributed by atoms with Crippen molar-refractivity contribution in [2.24, 2.45) is 5.92 Å². The molecule has 0 unspecified atom stereocenters. The second-order valence-corrected chi connectivity index (χ2v) is 4.05. The van der Waals surface area contributed by atoms with Gasteiger partial charge < -0.3 is 10.6 Å². The van der Waals surface area contributed by atoms with Gasteiger partial charge in [-0.1, -0.05) is 27.2 Å². The van der Waals surface area contributed by atoms with Crippen LogP contribution < -0.4 is 10.6 Å². The van der Waals surface area contributed by atoms with Gasteiger partial charge in [0.05, 0.1) is 0 Å². The molecular formula is C11H24N2O.